The second-order valence-corrected chi connectivity index (χ2v) is 15.8. The molecule has 1 aromatic heterocycles. The van der Waals surface area contributed by atoms with E-state index in [0.717, 1.165) is 22.7 Å². The minimum absolute atomic E-state index is 1.11. The molecule has 0 N–H and O–H groups in total. The predicted octanol–water partition coefficient (Wildman–Crippen LogP) is 16.6. The van der Waals surface area contributed by atoms with Crippen LogP contribution in [0, 0.1) is 0 Å². The summed E-state index contributed by atoms with van der Waals surface area (Å²) in [6.45, 7) is 0. The van der Waals surface area contributed by atoms with Gasteiger partial charge in [0.1, 0.15) is 0 Å². The molecule has 0 unspecified atom stereocenters. The molecule has 1 heterocycles. The first kappa shape index (κ1) is 36.8. The van der Waals surface area contributed by atoms with Crippen LogP contribution in [0.5, 0.6) is 0 Å². The topological polar surface area (TPSA) is 8.17 Å². The minimum atomic E-state index is 1.11. The van der Waals surface area contributed by atoms with E-state index in [1.165, 1.54) is 77.4 Å². The normalized spacial score (nSPS) is 11.2. The van der Waals surface area contributed by atoms with Crippen molar-refractivity contribution >= 4 is 38.9 Å². The monoisotopic (exact) mass is 790 g/mol. The van der Waals surface area contributed by atoms with Crippen LogP contribution in [0.3, 0.4) is 0 Å². The lowest BCUT2D eigenvalue weighted by molar-refractivity contribution is 1.18. The van der Waals surface area contributed by atoms with Crippen molar-refractivity contribution in [1.29, 1.82) is 0 Å². The summed E-state index contributed by atoms with van der Waals surface area (Å²) in [5.74, 6) is 0. The van der Waals surface area contributed by atoms with Gasteiger partial charge in [0.05, 0.1) is 11.0 Å². The molecule has 0 fully saturated rings. The maximum Gasteiger partial charge on any atom is 0.0541 e. The molecule has 0 saturated heterocycles. The van der Waals surface area contributed by atoms with Crippen LogP contribution in [0.4, 0.5) is 17.1 Å². The van der Waals surface area contributed by atoms with E-state index in [4.69, 9.17) is 0 Å². The van der Waals surface area contributed by atoms with Crippen molar-refractivity contribution in [3.8, 4) is 61.3 Å². The molecule has 62 heavy (non-hydrogen) atoms. The summed E-state index contributed by atoms with van der Waals surface area (Å²) in [6, 6.07) is 92.0. The van der Waals surface area contributed by atoms with E-state index in [1.54, 1.807) is 0 Å². The van der Waals surface area contributed by atoms with Crippen molar-refractivity contribution in [3.05, 3.63) is 255 Å². The summed E-state index contributed by atoms with van der Waals surface area (Å²) in [7, 11) is 0. The third kappa shape index (κ3) is 7.04. The molecule has 0 aliphatic rings. The van der Waals surface area contributed by atoms with Gasteiger partial charge in [-0.25, -0.2) is 0 Å². The van der Waals surface area contributed by atoms with Gasteiger partial charge in [0, 0.05) is 33.5 Å². The average molecular weight is 791 g/mol. The average Bonchev–Trinajstić information content (AvgIpc) is 3.69. The first-order valence-corrected chi connectivity index (χ1v) is 21.2. The number of hydrogen-bond donors (Lipinski definition) is 0. The Balaban J connectivity index is 0.945. The van der Waals surface area contributed by atoms with Crippen LogP contribution in [0.2, 0.25) is 0 Å². The third-order valence-corrected chi connectivity index (χ3v) is 12.0. The Kier molecular flexibility index (Phi) is 9.57. The van der Waals surface area contributed by atoms with Crippen LogP contribution in [-0.4, -0.2) is 4.57 Å². The quantitative estimate of drug-likeness (QED) is 0.141. The van der Waals surface area contributed by atoms with Crippen molar-refractivity contribution in [3.63, 3.8) is 0 Å². The Morgan fingerprint density at radius 3 is 1.24 bits per heavy atom. The van der Waals surface area contributed by atoms with Gasteiger partial charge in [0.15, 0.2) is 0 Å². The second kappa shape index (κ2) is 16.1. The van der Waals surface area contributed by atoms with E-state index in [2.05, 4.69) is 264 Å². The first-order chi connectivity index (χ1) is 30.7. The molecule has 0 spiro atoms. The molecule has 11 rings (SSSR count). The molecule has 2 heteroatoms. The number of para-hydroxylation sites is 2. The Bertz CT molecular complexity index is 3240. The van der Waals surface area contributed by atoms with Crippen LogP contribution in [0.1, 0.15) is 0 Å². The molecule has 0 bridgehead atoms. The summed E-state index contributed by atoms with van der Waals surface area (Å²) in [4.78, 5) is 2.33. The largest absolute Gasteiger partial charge is 0.310 e. The van der Waals surface area contributed by atoms with E-state index in [9.17, 15) is 0 Å². The lowest BCUT2D eigenvalue weighted by Gasteiger charge is -2.26. The molecule has 0 atom stereocenters. The highest BCUT2D eigenvalue weighted by Crippen LogP contribution is 2.40. The Labute approximate surface area is 362 Å². The molecule has 0 aliphatic heterocycles. The summed E-state index contributed by atoms with van der Waals surface area (Å²) in [5, 5.41) is 2.47. The summed E-state index contributed by atoms with van der Waals surface area (Å²) in [6.07, 6.45) is 0. The van der Waals surface area contributed by atoms with Gasteiger partial charge in [0.25, 0.3) is 0 Å². The molecule has 0 radical (unpaired) electrons. The lowest BCUT2D eigenvalue weighted by atomic mass is 9.97. The van der Waals surface area contributed by atoms with Gasteiger partial charge >= 0.3 is 0 Å². The van der Waals surface area contributed by atoms with Gasteiger partial charge in [-0.3, -0.25) is 0 Å². The standard InChI is InChI=1S/C60H42N2/c1-5-16-43(17-6-1)46-32-35-54(36-33-46)61(53-23-11-4-12-24-53)55-25-15-22-49(39-55)47-28-30-48(31-29-47)50-34-37-60-58(42-50)57-26-13-14-27-59(57)62(60)56-40-51(44-18-7-2-8-19-44)38-52(41-56)45-20-9-3-10-21-45/h1-42H. The van der Waals surface area contributed by atoms with Crippen molar-refractivity contribution in [2.24, 2.45) is 0 Å². The van der Waals surface area contributed by atoms with E-state index in [-0.39, 0.29) is 0 Å². The number of hydrogen-bond acceptors (Lipinski definition) is 1. The fourth-order valence-electron chi connectivity index (χ4n) is 8.90. The minimum Gasteiger partial charge on any atom is -0.310 e. The van der Waals surface area contributed by atoms with E-state index in [0.29, 0.717) is 0 Å². The van der Waals surface area contributed by atoms with Crippen LogP contribution >= 0.6 is 0 Å². The molecule has 10 aromatic carbocycles. The number of fused-ring (bicyclic) bond motifs is 3. The Morgan fingerprint density at radius 1 is 0.226 bits per heavy atom. The van der Waals surface area contributed by atoms with Crippen molar-refractivity contribution in [1.82, 2.24) is 4.57 Å². The highest BCUT2D eigenvalue weighted by molar-refractivity contribution is 6.10. The zero-order valence-corrected chi connectivity index (χ0v) is 34.1. The van der Waals surface area contributed by atoms with Gasteiger partial charge < -0.3 is 9.47 Å². The third-order valence-electron chi connectivity index (χ3n) is 12.0. The van der Waals surface area contributed by atoms with Crippen LogP contribution < -0.4 is 4.90 Å². The van der Waals surface area contributed by atoms with E-state index in [1.807, 2.05) is 0 Å². The second-order valence-electron chi connectivity index (χ2n) is 15.8. The Hall–Kier alpha value is -8.20. The maximum atomic E-state index is 2.43. The van der Waals surface area contributed by atoms with Crippen molar-refractivity contribution < 1.29 is 0 Å². The molecular weight excluding hydrogens is 749 g/mol. The van der Waals surface area contributed by atoms with Crippen LogP contribution in [0.15, 0.2) is 255 Å². The summed E-state index contributed by atoms with van der Waals surface area (Å²) < 4.78 is 2.43. The zero-order valence-electron chi connectivity index (χ0n) is 34.1. The Morgan fingerprint density at radius 2 is 0.629 bits per heavy atom. The highest BCUT2D eigenvalue weighted by atomic mass is 15.1. The van der Waals surface area contributed by atoms with Crippen molar-refractivity contribution in [2.75, 3.05) is 4.90 Å². The predicted molar refractivity (Wildman–Crippen MR) is 263 cm³/mol. The SMILES string of the molecule is c1ccc(-c2ccc(N(c3ccccc3)c3cccc(-c4ccc(-c5ccc6c(c5)c5ccccc5n6-c5cc(-c6ccccc6)cc(-c6ccccc6)c5)cc4)c3)cc2)cc1. The van der Waals surface area contributed by atoms with Gasteiger partial charge in [0.2, 0.25) is 0 Å². The maximum absolute atomic E-state index is 2.43. The molecule has 292 valence electrons. The molecular formula is C60H42N2. The number of benzene rings is 10. The number of anilines is 3. The zero-order chi connectivity index (χ0) is 41.2. The number of aromatic nitrogens is 1. The molecule has 0 saturated carbocycles. The van der Waals surface area contributed by atoms with Crippen LogP contribution in [0.25, 0.3) is 83.1 Å². The van der Waals surface area contributed by atoms with Crippen LogP contribution in [-0.2, 0) is 0 Å². The smallest absolute Gasteiger partial charge is 0.0541 e. The van der Waals surface area contributed by atoms with Gasteiger partial charge in [-0.05, 0) is 128 Å². The molecule has 2 nitrogen and oxygen atoms in total. The number of nitrogens with zero attached hydrogens (tertiary/aromatic N) is 2. The fraction of sp³-hybridized carbons (Fsp3) is 0. The van der Waals surface area contributed by atoms with E-state index < -0.39 is 0 Å². The lowest BCUT2D eigenvalue weighted by Crippen LogP contribution is -2.09. The van der Waals surface area contributed by atoms with Gasteiger partial charge in [-0.2, -0.15) is 0 Å². The van der Waals surface area contributed by atoms with Gasteiger partial charge in [-0.15, -0.1) is 0 Å². The van der Waals surface area contributed by atoms with Gasteiger partial charge in [-0.1, -0.05) is 182 Å². The first-order valence-electron chi connectivity index (χ1n) is 21.2. The highest BCUT2D eigenvalue weighted by Gasteiger charge is 2.17. The summed E-state index contributed by atoms with van der Waals surface area (Å²) >= 11 is 0. The van der Waals surface area contributed by atoms with E-state index >= 15 is 0 Å². The fourth-order valence-corrected chi connectivity index (χ4v) is 8.90. The number of rotatable bonds is 9. The molecule has 0 amide bonds. The van der Waals surface area contributed by atoms with Crippen molar-refractivity contribution in [2.45, 2.75) is 0 Å². The molecule has 0 aliphatic carbocycles. The summed E-state index contributed by atoms with van der Waals surface area (Å²) in [5.41, 5.74) is 18.8. The molecule has 11 aromatic rings.